The first-order valence-corrected chi connectivity index (χ1v) is 6.35. The van der Waals surface area contributed by atoms with Gasteiger partial charge in [0.05, 0.1) is 0 Å². The molecule has 0 aliphatic rings. The highest BCUT2D eigenvalue weighted by Crippen LogP contribution is 2.08. The Balaban J connectivity index is 0.000000224. The Morgan fingerprint density at radius 1 is 0.545 bits per heavy atom. The van der Waals surface area contributed by atoms with E-state index in [4.69, 9.17) is 0 Å². The standard InChI is InChI=1S/C10H8O2.C8H6O2/c1-2-8-3-9(6-11)5-10(4-8)7-12;9-5-7-1-2-8(6-10)4-3-7/h2-7H,1H2;1-6H. The van der Waals surface area contributed by atoms with Crippen molar-refractivity contribution in [2.75, 3.05) is 0 Å². The van der Waals surface area contributed by atoms with Gasteiger partial charge in [0.1, 0.15) is 25.1 Å². The van der Waals surface area contributed by atoms with E-state index in [2.05, 4.69) is 6.58 Å². The fraction of sp³-hybridized carbons (Fsp3) is 0. The molecule has 0 aliphatic carbocycles. The van der Waals surface area contributed by atoms with Gasteiger partial charge in [-0.25, -0.2) is 0 Å². The number of carbonyl (C=O) groups is 4. The van der Waals surface area contributed by atoms with Gasteiger partial charge in [0, 0.05) is 22.3 Å². The molecule has 0 saturated heterocycles. The van der Waals surface area contributed by atoms with Gasteiger partial charge in [-0.05, 0) is 23.8 Å². The second kappa shape index (κ2) is 8.92. The Labute approximate surface area is 128 Å². The van der Waals surface area contributed by atoms with Crippen molar-refractivity contribution < 1.29 is 19.2 Å². The highest BCUT2D eigenvalue weighted by atomic mass is 16.1. The first kappa shape index (κ1) is 16.9. The van der Waals surface area contributed by atoms with E-state index in [9.17, 15) is 19.2 Å². The van der Waals surface area contributed by atoms with Gasteiger partial charge in [0.25, 0.3) is 0 Å². The molecule has 2 aromatic rings. The average molecular weight is 294 g/mol. The van der Waals surface area contributed by atoms with E-state index in [0.29, 0.717) is 34.8 Å². The maximum Gasteiger partial charge on any atom is 0.150 e. The third-order valence-electron chi connectivity index (χ3n) is 2.72. The summed E-state index contributed by atoms with van der Waals surface area (Å²) in [6, 6.07) is 11.3. The van der Waals surface area contributed by atoms with Gasteiger partial charge in [-0.3, -0.25) is 19.2 Å². The SMILES string of the molecule is C=Cc1cc(C=O)cc(C=O)c1.O=Cc1ccc(C=O)cc1. The van der Waals surface area contributed by atoms with Gasteiger partial charge in [0.2, 0.25) is 0 Å². The molecule has 2 rings (SSSR count). The number of benzene rings is 2. The monoisotopic (exact) mass is 294 g/mol. The summed E-state index contributed by atoms with van der Waals surface area (Å²) in [5.74, 6) is 0. The van der Waals surface area contributed by atoms with Gasteiger partial charge in [-0.15, -0.1) is 0 Å². The van der Waals surface area contributed by atoms with Crippen LogP contribution >= 0.6 is 0 Å². The molecule has 0 heterocycles. The Kier molecular flexibility index (Phi) is 6.86. The number of aldehydes is 4. The quantitative estimate of drug-likeness (QED) is 0.794. The maximum atomic E-state index is 10.4. The molecule has 22 heavy (non-hydrogen) atoms. The molecule has 0 aromatic heterocycles. The van der Waals surface area contributed by atoms with Crippen LogP contribution in [0, 0.1) is 0 Å². The van der Waals surface area contributed by atoms with E-state index in [1.165, 1.54) is 6.07 Å². The number of hydrogen-bond acceptors (Lipinski definition) is 4. The highest BCUT2D eigenvalue weighted by Gasteiger charge is 1.96. The predicted octanol–water partition coefficient (Wildman–Crippen LogP) is 3.27. The minimum Gasteiger partial charge on any atom is -0.298 e. The lowest BCUT2D eigenvalue weighted by Gasteiger charge is -1.96. The largest absolute Gasteiger partial charge is 0.298 e. The van der Waals surface area contributed by atoms with Crippen LogP contribution in [0.25, 0.3) is 6.08 Å². The molecular weight excluding hydrogens is 280 g/mol. The minimum absolute atomic E-state index is 0.495. The van der Waals surface area contributed by atoms with Crippen LogP contribution in [-0.2, 0) is 0 Å². The molecule has 0 amide bonds. The van der Waals surface area contributed by atoms with Crippen molar-refractivity contribution >= 4 is 31.2 Å². The molecule has 0 fully saturated rings. The summed E-state index contributed by atoms with van der Waals surface area (Å²) in [5.41, 5.74) is 2.95. The first-order chi connectivity index (χ1) is 10.7. The summed E-state index contributed by atoms with van der Waals surface area (Å²) in [6.45, 7) is 3.55. The van der Waals surface area contributed by atoms with Gasteiger partial charge in [0.15, 0.2) is 0 Å². The van der Waals surface area contributed by atoms with Crippen LogP contribution in [0.1, 0.15) is 47.0 Å². The van der Waals surface area contributed by atoms with E-state index < -0.39 is 0 Å². The summed E-state index contributed by atoms with van der Waals surface area (Å²) in [6.07, 6.45) is 4.50. The third-order valence-corrected chi connectivity index (χ3v) is 2.72. The van der Waals surface area contributed by atoms with Crippen LogP contribution in [-0.4, -0.2) is 25.1 Å². The van der Waals surface area contributed by atoms with E-state index >= 15 is 0 Å². The second-order valence-corrected chi connectivity index (χ2v) is 4.28. The number of hydrogen-bond donors (Lipinski definition) is 0. The summed E-state index contributed by atoms with van der Waals surface area (Å²) in [5, 5.41) is 0. The maximum absolute atomic E-state index is 10.4. The molecule has 0 saturated carbocycles. The van der Waals surface area contributed by atoms with Crippen molar-refractivity contribution in [3.8, 4) is 0 Å². The minimum atomic E-state index is 0.495. The van der Waals surface area contributed by atoms with Gasteiger partial charge in [-0.2, -0.15) is 0 Å². The van der Waals surface area contributed by atoms with Gasteiger partial charge < -0.3 is 0 Å². The van der Waals surface area contributed by atoms with Crippen molar-refractivity contribution in [3.05, 3.63) is 76.9 Å². The molecule has 0 atom stereocenters. The summed E-state index contributed by atoms with van der Waals surface area (Å²) < 4.78 is 0. The van der Waals surface area contributed by atoms with Crippen LogP contribution in [0.4, 0.5) is 0 Å². The number of rotatable bonds is 5. The van der Waals surface area contributed by atoms with Crippen LogP contribution in [0.3, 0.4) is 0 Å². The molecule has 4 nitrogen and oxygen atoms in total. The van der Waals surface area contributed by atoms with Crippen molar-refractivity contribution in [3.63, 3.8) is 0 Å². The summed E-state index contributed by atoms with van der Waals surface area (Å²) in [7, 11) is 0. The predicted molar refractivity (Wildman–Crippen MR) is 84.5 cm³/mol. The molecule has 4 heteroatoms. The fourth-order valence-corrected chi connectivity index (χ4v) is 1.61. The topological polar surface area (TPSA) is 68.3 Å². The van der Waals surface area contributed by atoms with Gasteiger partial charge in [-0.1, -0.05) is 36.9 Å². The zero-order valence-electron chi connectivity index (χ0n) is 11.8. The van der Waals surface area contributed by atoms with E-state index in [1.807, 2.05) is 0 Å². The van der Waals surface area contributed by atoms with E-state index in [1.54, 1.807) is 42.5 Å². The number of carbonyl (C=O) groups excluding carboxylic acids is 4. The summed E-state index contributed by atoms with van der Waals surface area (Å²) >= 11 is 0. The normalized spacial score (nSPS) is 8.91. The molecule has 2 aromatic carbocycles. The lowest BCUT2D eigenvalue weighted by Crippen LogP contribution is -1.87. The molecule has 0 unspecified atom stereocenters. The van der Waals surface area contributed by atoms with Gasteiger partial charge >= 0.3 is 0 Å². The Hall–Kier alpha value is -3.14. The molecule has 0 bridgehead atoms. The molecular formula is C18H14O4. The van der Waals surface area contributed by atoms with Crippen molar-refractivity contribution in [1.29, 1.82) is 0 Å². The average Bonchev–Trinajstić information content (AvgIpc) is 2.61. The smallest absolute Gasteiger partial charge is 0.150 e. The lowest BCUT2D eigenvalue weighted by atomic mass is 10.1. The Bertz CT molecular complexity index is 593. The zero-order chi connectivity index (χ0) is 16.4. The fourth-order valence-electron chi connectivity index (χ4n) is 1.61. The molecule has 110 valence electrons. The van der Waals surface area contributed by atoms with Crippen molar-refractivity contribution in [2.24, 2.45) is 0 Å². The molecule has 0 spiro atoms. The second-order valence-electron chi connectivity index (χ2n) is 4.28. The van der Waals surface area contributed by atoms with Crippen LogP contribution in [0.15, 0.2) is 49.0 Å². The van der Waals surface area contributed by atoms with Crippen molar-refractivity contribution in [2.45, 2.75) is 0 Å². The van der Waals surface area contributed by atoms with E-state index in [-0.39, 0.29) is 0 Å². The molecule has 0 aliphatic heterocycles. The van der Waals surface area contributed by atoms with Crippen LogP contribution < -0.4 is 0 Å². The van der Waals surface area contributed by atoms with E-state index in [0.717, 1.165) is 18.1 Å². The van der Waals surface area contributed by atoms with Crippen molar-refractivity contribution in [1.82, 2.24) is 0 Å². The summed E-state index contributed by atoms with van der Waals surface area (Å²) in [4.78, 5) is 41.0. The molecule has 0 N–H and O–H groups in total. The van der Waals surface area contributed by atoms with Crippen LogP contribution in [0.5, 0.6) is 0 Å². The zero-order valence-corrected chi connectivity index (χ0v) is 11.8. The Morgan fingerprint density at radius 3 is 1.14 bits per heavy atom. The first-order valence-electron chi connectivity index (χ1n) is 6.35. The highest BCUT2D eigenvalue weighted by molar-refractivity contribution is 5.83. The lowest BCUT2D eigenvalue weighted by molar-refractivity contribution is 0.111. The molecule has 0 radical (unpaired) electrons. The Morgan fingerprint density at radius 2 is 0.864 bits per heavy atom. The third kappa shape index (κ3) is 5.09. The van der Waals surface area contributed by atoms with Crippen LogP contribution in [0.2, 0.25) is 0 Å².